The van der Waals surface area contributed by atoms with Crippen molar-refractivity contribution in [3.63, 3.8) is 0 Å². The van der Waals surface area contributed by atoms with Gasteiger partial charge in [-0.1, -0.05) is 42.5 Å². The zero-order chi connectivity index (χ0) is 17.9. The summed E-state index contributed by atoms with van der Waals surface area (Å²) in [6.07, 6.45) is 3.04. The molecule has 0 fully saturated rings. The van der Waals surface area contributed by atoms with Crippen molar-refractivity contribution >= 4 is 27.0 Å². The Hall–Kier alpha value is -2.18. The smallest absolute Gasteiger partial charge is 0.229 e. The summed E-state index contributed by atoms with van der Waals surface area (Å²) < 4.78 is 25.0. The van der Waals surface area contributed by atoms with E-state index < -0.39 is 10.0 Å². The van der Waals surface area contributed by atoms with Gasteiger partial charge in [-0.15, -0.1) is 11.3 Å². The van der Waals surface area contributed by atoms with Crippen molar-refractivity contribution < 1.29 is 8.42 Å². The second kappa shape index (κ2) is 7.37. The molecule has 130 valence electrons. The van der Waals surface area contributed by atoms with Gasteiger partial charge in [0.2, 0.25) is 10.0 Å². The van der Waals surface area contributed by atoms with Crippen molar-refractivity contribution in [3.8, 4) is 11.3 Å². The molecule has 1 aromatic heterocycles. The highest BCUT2D eigenvalue weighted by molar-refractivity contribution is 7.92. The Balaban J connectivity index is 1.73. The van der Waals surface area contributed by atoms with Crippen molar-refractivity contribution in [2.24, 2.45) is 0 Å². The maximum absolute atomic E-state index is 11.3. The first-order chi connectivity index (χ1) is 11.9. The van der Waals surface area contributed by atoms with Crippen molar-refractivity contribution in [2.75, 3.05) is 11.0 Å². The molecular formula is C19H20N2O2S2. The average molecular weight is 373 g/mol. The summed E-state index contributed by atoms with van der Waals surface area (Å²) in [5.41, 5.74) is 3.84. The van der Waals surface area contributed by atoms with E-state index in [1.807, 2.05) is 18.2 Å². The van der Waals surface area contributed by atoms with E-state index in [4.69, 9.17) is 4.98 Å². The van der Waals surface area contributed by atoms with Gasteiger partial charge >= 0.3 is 0 Å². The molecule has 0 amide bonds. The van der Waals surface area contributed by atoms with Gasteiger partial charge in [-0.2, -0.15) is 0 Å². The zero-order valence-electron chi connectivity index (χ0n) is 14.2. The second-order valence-electron chi connectivity index (χ2n) is 5.95. The molecule has 3 rings (SSSR count). The number of hydrogen-bond donors (Lipinski definition) is 1. The standard InChI is InChI=1S/C19H20N2O2S2/c1-14-19(16-9-11-17(12-10-16)21-25(2,22)23)20-18(24-14)13-8-15-6-4-3-5-7-15/h3-7,9-12,21H,8,13H2,1-2H3. The Morgan fingerprint density at radius 1 is 1.00 bits per heavy atom. The molecule has 0 atom stereocenters. The fourth-order valence-corrected chi connectivity index (χ4v) is 4.15. The number of rotatable bonds is 6. The minimum absolute atomic E-state index is 0.559. The number of anilines is 1. The van der Waals surface area contributed by atoms with Gasteiger partial charge in [-0.3, -0.25) is 4.72 Å². The van der Waals surface area contributed by atoms with Gasteiger partial charge in [-0.05, 0) is 31.0 Å². The van der Waals surface area contributed by atoms with Crippen molar-refractivity contribution in [1.82, 2.24) is 4.98 Å². The fraction of sp³-hybridized carbons (Fsp3) is 0.211. The molecule has 0 aliphatic heterocycles. The SMILES string of the molecule is Cc1sc(CCc2ccccc2)nc1-c1ccc(NS(C)(=O)=O)cc1. The number of benzene rings is 2. The lowest BCUT2D eigenvalue weighted by Gasteiger charge is -2.05. The first kappa shape index (κ1) is 17.6. The summed E-state index contributed by atoms with van der Waals surface area (Å²) in [5.74, 6) is 0. The molecule has 0 unspecified atom stereocenters. The Bertz CT molecular complexity index is 947. The molecule has 0 aliphatic carbocycles. The van der Waals surface area contributed by atoms with E-state index in [1.165, 1.54) is 10.4 Å². The summed E-state index contributed by atoms with van der Waals surface area (Å²) in [6, 6.07) is 17.7. The van der Waals surface area contributed by atoms with Gasteiger partial charge in [0.1, 0.15) is 0 Å². The highest BCUT2D eigenvalue weighted by Crippen LogP contribution is 2.29. The van der Waals surface area contributed by atoms with Crippen molar-refractivity contribution in [3.05, 3.63) is 70.0 Å². The molecule has 0 saturated carbocycles. The van der Waals surface area contributed by atoms with E-state index >= 15 is 0 Å². The lowest BCUT2D eigenvalue weighted by atomic mass is 10.1. The number of nitrogens with one attached hydrogen (secondary N) is 1. The van der Waals surface area contributed by atoms with Gasteiger partial charge < -0.3 is 0 Å². The van der Waals surface area contributed by atoms with E-state index in [9.17, 15) is 8.42 Å². The summed E-state index contributed by atoms with van der Waals surface area (Å²) in [5, 5.41) is 1.12. The minimum atomic E-state index is -3.26. The van der Waals surface area contributed by atoms with Crippen LogP contribution in [0.3, 0.4) is 0 Å². The number of aryl methyl sites for hydroxylation is 3. The predicted molar refractivity (Wildman–Crippen MR) is 105 cm³/mol. The maximum Gasteiger partial charge on any atom is 0.229 e. The van der Waals surface area contributed by atoms with Gasteiger partial charge in [0, 0.05) is 22.5 Å². The predicted octanol–water partition coefficient (Wildman–Crippen LogP) is 4.28. The van der Waals surface area contributed by atoms with Crippen LogP contribution >= 0.6 is 11.3 Å². The van der Waals surface area contributed by atoms with Gasteiger partial charge in [0.05, 0.1) is 17.0 Å². The van der Waals surface area contributed by atoms with Crippen molar-refractivity contribution in [2.45, 2.75) is 19.8 Å². The molecule has 25 heavy (non-hydrogen) atoms. The fourth-order valence-electron chi connectivity index (χ4n) is 2.63. The van der Waals surface area contributed by atoms with E-state index in [0.29, 0.717) is 5.69 Å². The zero-order valence-corrected chi connectivity index (χ0v) is 15.8. The third-order valence-corrected chi connectivity index (χ3v) is 5.41. The van der Waals surface area contributed by atoms with Crippen LogP contribution in [0, 0.1) is 6.92 Å². The Kier molecular flexibility index (Phi) is 5.20. The molecule has 6 heteroatoms. The number of thiazole rings is 1. The summed E-state index contributed by atoms with van der Waals surface area (Å²) in [4.78, 5) is 5.95. The topological polar surface area (TPSA) is 59.1 Å². The molecular weight excluding hydrogens is 352 g/mol. The number of aromatic nitrogens is 1. The highest BCUT2D eigenvalue weighted by atomic mass is 32.2. The Labute approximate surface area is 152 Å². The molecule has 1 N–H and O–H groups in total. The van der Waals surface area contributed by atoms with Crippen LogP contribution in [0.25, 0.3) is 11.3 Å². The third kappa shape index (κ3) is 4.90. The van der Waals surface area contributed by atoms with E-state index in [1.54, 1.807) is 23.5 Å². The molecule has 0 aliphatic rings. The summed E-state index contributed by atoms with van der Waals surface area (Å²) in [6.45, 7) is 2.07. The van der Waals surface area contributed by atoms with Gasteiger partial charge in [0.25, 0.3) is 0 Å². The van der Waals surface area contributed by atoms with Crippen LogP contribution in [0.4, 0.5) is 5.69 Å². The van der Waals surface area contributed by atoms with Crippen molar-refractivity contribution in [1.29, 1.82) is 0 Å². The molecule has 1 heterocycles. The summed E-state index contributed by atoms with van der Waals surface area (Å²) >= 11 is 1.72. The number of nitrogens with zero attached hydrogens (tertiary/aromatic N) is 1. The highest BCUT2D eigenvalue weighted by Gasteiger charge is 2.10. The molecule has 2 aromatic carbocycles. The summed E-state index contributed by atoms with van der Waals surface area (Å²) in [7, 11) is -3.26. The second-order valence-corrected chi connectivity index (χ2v) is 8.99. The Morgan fingerprint density at radius 2 is 1.68 bits per heavy atom. The van der Waals surface area contributed by atoms with Crippen LogP contribution < -0.4 is 4.72 Å². The van der Waals surface area contributed by atoms with Crippen LogP contribution in [0.1, 0.15) is 15.4 Å². The number of hydrogen-bond acceptors (Lipinski definition) is 4. The van der Waals surface area contributed by atoms with E-state index in [2.05, 4.69) is 35.9 Å². The normalized spacial score (nSPS) is 11.4. The van der Waals surface area contributed by atoms with Crippen LogP contribution in [-0.2, 0) is 22.9 Å². The van der Waals surface area contributed by atoms with Crippen LogP contribution in [0.5, 0.6) is 0 Å². The quantitative estimate of drug-likeness (QED) is 0.703. The molecule has 4 nitrogen and oxygen atoms in total. The first-order valence-corrected chi connectivity index (χ1v) is 10.7. The average Bonchev–Trinajstić information content (AvgIpc) is 2.94. The molecule has 0 spiro atoms. The van der Waals surface area contributed by atoms with E-state index in [0.717, 1.165) is 35.4 Å². The van der Waals surface area contributed by atoms with Crippen LogP contribution in [-0.4, -0.2) is 19.7 Å². The molecule has 0 saturated heterocycles. The Morgan fingerprint density at radius 3 is 2.32 bits per heavy atom. The lowest BCUT2D eigenvalue weighted by Crippen LogP contribution is -2.09. The third-order valence-electron chi connectivity index (χ3n) is 3.77. The first-order valence-electron chi connectivity index (χ1n) is 7.99. The van der Waals surface area contributed by atoms with Crippen LogP contribution in [0.15, 0.2) is 54.6 Å². The molecule has 3 aromatic rings. The van der Waals surface area contributed by atoms with Gasteiger partial charge in [-0.25, -0.2) is 13.4 Å². The van der Waals surface area contributed by atoms with Crippen LogP contribution in [0.2, 0.25) is 0 Å². The minimum Gasteiger partial charge on any atom is -0.284 e. The molecule has 0 radical (unpaired) electrons. The largest absolute Gasteiger partial charge is 0.284 e. The van der Waals surface area contributed by atoms with E-state index in [-0.39, 0.29) is 0 Å². The maximum atomic E-state index is 11.3. The lowest BCUT2D eigenvalue weighted by molar-refractivity contribution is 0.607. The monoisotopic (exact) mass is 372 g/mol. The number of sulfonamides is 1. The van der Waals surface area contributed by atoms with Gasteiger partial charge in [0.15, 0.2) is 0 Å². The molecule has 0 bridgehead atoms.